The Morgan fingerprint density at radius 1 is 1.25 bits per heavy atom. The molecule has 0 saturated carbocycles. The second kappa shape index (κ2) is 8.63. The smallest absolute Gasteiger partial charge is 0.407 e. The number of carbonyl (C=O) groups excluding carboxylic acids is 2. The van der Waals surface area contributed by atoms with Crippen LogP contribution in [0.5, 0.6) is 0 Å². The number of rotatable bonds is 7. The van der Waals surface area contributed by atoms with Crippen LogP contribution in [0.3, 0.4) is 0 Å². The van der Waals surface area contributed by atoms with Crippen molar-refractivity contribution in [1.29, 1.82) is 0 Å². The first-order valence-electron chi connectivity index (χ1n) is 6.64. The van der Waals surface area contributed by atoms with Crippen molar-refractivity contribution in [2.45, 2.75) is 58.8 Å². The molecule has 0 rings (SSSR count). The van der Waals surface area contributed by atoms with Gasteiger partial charge >= 0.3 is 12.2 Å². The van der Waals surface area contributed by atoms with E-state index in [0.717, 1.165) is 0 Å². The fourth-order valence-corrected chi connectivity index (χ4v) is 1.29. The maximum atomic E-state index is 11.4. The molecule has 1 unspecified atom stereocenters. The molecule has 0 aliphatic rings. The number of primary amides is 1. The Kier molecular flexibility index (Phi) is 7.98. The third kappa shape index (κ3) is 11.6. The summed E-state index contributed by atoms with van der Waals surface area (Å²) in [6, 6.07) is 0. The second-order valence-electron chi connectivity index (χ2n) is 5.66. The van der Waals surface area contributed by atoms with E-state index in [1.165, 1.54) is 0 Å². The van der Waals surface area contributed by atoms with Crippen molar-refractivity contribution in [2.75, 3.05) is 13.2 Å². The number of ether oxygens (including phenoxy) is 3. The number of hydrogen-bond donors (Lipinski definition) is 2. The molecule has 0 aromatic heterocycles. The van der Waals surface area contributed by atoms with E-state index in [2.05, 4.69) is 5.32 Å². The Bertz CT molecular complexity index is 312. The molecule has 0 aliphatic heterocycles. The maximum absolute atomic E-state index is 11.4. The highest BCUT2D eigenvalue weighted by Crippen LogP contribution is 2.07. The summed E-state index contributed by atoms with van der Waals surface area (Å²) in [7, 11) is 0. The van der Waals surface area contributed by atoms with Crippen LogP contribution in [0.2, 0.25) is 0 Å². The topological polar surface area (TPSA) is 99.9 Å². The largest absolute Gasteiger partial charge is 0.444 e. The summed E-state index contributed by atoms with van der Waals surface area (Å²) < 4.78 is 15.4. The van der Waals surface area contributed by atoms with Gasteiger partial charge in [-0.2, -0.15) is 0 Å². The molecule has 0 bridgehead atoms. The highest BCUT2D eigenvalue weighted by Gasteiger charge is 2.17. The van der Waals surface area contributed by atoms with Crippen LogP contribution >= 0.6 is 0 Å². The van der Waals surface area contributed by atoms with Gasteiger partial charge in [0.1, 0.15) is 11.7 Å². The first-order valence-corrected chi connectivity index (χ1v) is 6.64. The van der Waals surface area contributed by atoms with Crippen LogP contribution in [0, 0.1) is 0 Å². The molecule has 0 aromatic carbocycles. The minimum absolute atomic E-state index is 0.0211. The van der Waals surface area contributed by atoms with Gasteiger partial charge < -0.3 is 25.3 Å². The van der Waals surface area contributed by atoms with Crippen molar-refractivity contribution in [3.63, 3.8) is 0 Å². The predicted molar refractivity (Wildman–Crippen MR) is 74.4 cm³/mol. The molecule has 1 atom stereocenters. The Morgan fingerprint density at radius 3 is 2.30 bits per heavy atom. The number of hydrogen-bond acceptors (Lipinski definition) is 5. The van der Waals surface area contributed by atoms with Crippen molar-refractivity contribution < 1.29 is 23.8 Å². The summed E-state index contributed by atoms with van der Waals surface area (Å²) in [5.74, 6) is 0. The molecule has 0 fully saturated rings. The Morgan fingerprint density at radius 2 is 1.85 bits per heavy atom. The first kappa shape index (κ1) is 18.5. The monoisotopic (exact) mass is 290 g/mol. The van der Waals surface area contributed by atoms with Crippen molar-refractivity contribution in [3.05, 3.63) is 0 Å². The summed E-state index contributed by atoms with van der Waals surface area (Å²) in [6.07, 6.45) is -1.45. The van der Waals surface area contributed by atoms with Crippen molar-refractivity contribution in [1.82, 2.24) is 5.32 Å². The van der Waals surface area contributed by atoms with Crippen LogP contribution in [-0.2, 0) is 14.2 Å². The fraction of sp³-hybridized carbons (Fsp3) is 0.846. The first-order chi connectivity index (χ1) is 9.10. The molecule has 118 valence electrons. The van der Waals surface area contributed by atoms with Crippen molar-refractivity contribution in [2.24, 2.45) is 5.73 Å². The van der Waals surface area contributed by atoms with Gasteiger partial charge in [-0.05, 0) is 34.6 Å². The Balaban J connectivity index is 4.06. The predicted octanol–water partition coefficient (Wildman–Crippen LogP) is 1.79. The molecule has 0 heterocycles. The van der Waals surface area contributed by atoms with Crippen molar-refractivity contribution >= 4 is 12.2 Å². The fourth-order valence-electron chi connectivity index (χ4n) is 1.29. The highest BCUT2D eigenvalue weighted by molar-refractivity contribution is 5.67. The van der Waals surface area contributed by atoms with Crippen LogP contribution in [-0.4, -0.2) is 43.1 Å². The second-order valence-corrected chi connectivity index (χ2v) is 5.66. The molecule has 7 nitrogen and oxygen atoms in total. The van der Waals surface area contributed by atoms with Gasteiger partial charge in [-0.15, -0.1) is 0 Å². The van der Waals surface area contributed by atoms with Gasteiger partial charge in [0.05, 0.1) is 12.7 Å². The molecule has 0 spiro atoms. The van der Waals surface area contributed by atoms with Crippen LogP contribution in [0.25, 0.3) is 0 Å². The SMILES string of the molecule is CC(C)OCC(CCNC(=O)OC(C)(C)C)OC(N)=O. The van der Waals surface area contributed by atoms with Crippen LogP contribution < -0.4 is 11.1 Å². The van der Waals surface area contributed by atoms with Gasteiger partial charge in [0.25, 0.3) is 0 Å². The lowest BCUT2D eigenvalue weighted by Gasteiger charge is -2.21. The summed E-state index contributed by atoms with van der Waals surface area (Å²) in [5.41, 5.74) is 4.44. The quantitative estimate of drug-likeness (QED) is 0.744. The highest BCUT2D eigenvalue weighted by atomic mass is 16.6. The number of alkyl carbamates (subject to hydrolysis) is 1. The molecular formula is C13H26N2O5. The Labute approximate surface area is 120 Å². The number of amides is 2. The molecule has 3 N–H and O–H groups in total. The van der Waals surface area contributed by atoms with E-state index < -0.39 is 23.9 Å². The third-order valence-electron chi connectivity index (χ3n) is 2.03. The molecular weight excluding hydrogens is 264 g/mol. The molecule has 0 aromatic rings. The zero-order valence-electron chi connectivity index (χ0n) is 12.9. The van der Waals surface area contributed by atoms with Crippen LogP contribution in [0.4, 0.5) is 9.59 Å². The standard InChI is InChI=1S/C13H26N2O5/c1-9(2)18-8-10(19-11(14)16)6-7-15-12(17)20-13(3,4)5/h9-10H,6-8H2,1-5H3,(H2,14,16)(H,15,17). The lowest BCUT2D eigenvalue weighted by Crippen LogP contribution is -2.36. The summed E-state index contributed by atoms with van der Waals surface area (Å²) in [6.45, 7) is 9.62. The average molecular weight is 290 g/mol. The average Bonchev–Trinajstić information content (AvgIpc) is 2.22. The summed E-state index contributed by atoms with van der Waals surface area (Å²) >= 11 is 0. The number of nitrogens with two attached hydrogens (primary N) is 1. The zero-order chi connectivity index (χ0) is 15.8. The minimum atomic E-state index is -0.861. The van der Waals surface area contributed by atoms with E-state index in [4.69, 9.17) is 19.9 Å². The molecule has 2 amide bonds. The summed E-state index contributed by atoms with van der Waals surface area (Å²) in [5, 5.41) is 2.58. The molecule has 7 heteroatoms. The van der Waals surface area contributed by atoms with E-state index in [9.17, 15) is 9.59 Å². The molecule has 0 saturated heterocycles. The number of carbonyl (C=O) groups is 2. The van der Waals surface area contributed by atoms with Gasteiger partial charge in [0, 0.05) is 13.0 Å². The lowest BCUT2D eigenvalue weighted by molar-refractivity contribution is -0.00541. The molecule has 0 aliphatic carbocycles. The van der Waals surface area contributed by atoms with Gasteiger partial charge in [-0.3, -0.25) is 0 Å². The molecule has 20 heavy (non-hydrogen) atoms. The third-order valence-corrected chi connectivity index (χ3v) is 2.03. The van der Waals surface area contributed by atoms with Gasteiger partial charge in [0.15, 0.2) is 0 Å². The summed E-state index contributed by atoms with van der Waals surface area (Å²) in [4.78, 5) is 22.2. The van der Waals surface area contributed by atoms with Gasteiger partial charge in [-0.25, -0.2) is 9.59 Å². The van der Waals surface area contributed by atoms with E-state index in [0.29, 0.717) is 13.0 Å². The van der Waals surface area contributed by atoms with Gasteiger partial charge in [-0.1, -0.05) is 0 Å². The van der Waals surface area contributed by atoms with E-state index in [-0.39, 0.29) is 12.7 Å². The minimum Gasteiger partial charge on any atom is -0.444 e. The molecule has 0 radical (unpaired) electrons. The zero-order valence-corrected chi connectivity index (χ0v) is 12.9. The van der Waals surface area contributed by atoms with Crippen LogP contribution in [0.15, 0.2) is 0 Å². The Hall–Kier alpha value is -1.50. The maximum Gasteiger partial charge on any atom is 0.407 e. The van der Waals surface area contributed by atoms with E-state index in [1.54, 1.807) is 20.8 Å². The normalized spacial score (nSPS) is 12.9. The lowest BCUT2D eigenvalue weighted by atomic mass is 10.2. The van der Waals surface area contributed by atoms with Crippen molar-refractivity contribution in [3.8, 4) is 0 Å². The van der Waals surface area contributed by atoms with E-state index >= 15 is 0 Å². The van der Waals surface area contributed by atoms with Gasteiger partial charge in [0.2, 0.25) is 0 Å². The van der Waals surface area contributed by atoms with Crippen LogP contribution in [0.1, 0.15) is 41.0 Å². The number of nitrogens with one attached hydrogen (secondary N) is 1. The van der Waals surface area contributed by atoms with E-state index in [1.807, 2.05) is 13.8 Å².